The molecule has 6 heteroatoms. The van der Waals surface area contributed by atoms with Gasteiger partial charge in [0.2, 0.25) is 0 Å². The van der Waals surface area contributed by atoms with Gasteiger partial charge in [0.25, 0.3) is 0 Å². The fourth-order valence-electron chi connectivity index (χ4n) is 6.50. The molecule has 1 aliphatic heterocycles. The first-order valence-electron chi connectivity index (χ1n) is 13.3. The summed E-state index contributed by atoms with van der Waals surface area (Å²) in [6.45, 7) is 4.50. The van der Waals surface area contributed by atoms with E-state index in [1.165, 1.54) is 68.0 Å². The molecule has 0 radical (unpaired) electrons. The molecule has 1 aliphatic carbocycles. The summed E-state index contributed by atoms with van der Waals surface area (Å²) in [5, 5.41) is 0. The number of aromatic amines is 1. The molecule has 1 aromatic heterocycles. The number of hydrogen-bond donors (Lipinski definition) is 1. The third-order valence-electron chi connectivity index (χ3n) is 8.51. The molecule has 1 saturated carbocycles. The molecular formula is C31H32F3N3. The monoisotopic (exact) mass is 503 g/mol. The standard InChI is InChI=1S/C31H32F3N3/c1-20-17-24(30-35-28-12-9-25(31(32,33)34)19-29(28)36-30)8-11-27(20)23-7-10-26(18-23)37-15-13-22(14-16-37)21-5-3-2-4-6-21/h2-6,8-9,11-12,17,19,22-23,26H,7,10,13-16,18H2,1H3,(H,35,36). The van der Waals surface area contributed by atoms with Crippen molar-refractivity contribution < 1.29 is 13.2 Å². The van der Waals surface area contributed by atoms with Gasteiger partial charge in [0.15, 0.2) is 0 Å². The number of piperidine rings is 1. The fourth-order valence-corrected chi connectivity index (χ4v) is 6.50. The Labute approximate surface area is 215 Å². The number of aryl methyl sites for hydroxylation is 1. The summed E-state index contributed by atoms with van der Waals surface area (Å²) in [6.07, 6.45) is 1.75. The van der Waals surface area contributed by atoms with Gasteiger partial charge in [-0.25, -0.2) is 4.98 Å². The van der Waals surface area contributed by atoms with E-state index in [0.717, 1.165) is 17.7 Å². The zero-order valence-electron chi connectivity index (χ0n) is 21.1. The van der Waals surface area contributed by atoms with Gasteiger partial charge in [0, 0.05) is 11.6 Å². The van der Waals surface area contributed by atoms with Crippen molar-refractivity contribution in [1.82, 2.24) is 14.9 Å². The first kappa shape index (κ1) is 24.2. The third kappa shape index (κ3) is 4.91. The minimum Gasteiger partial charge on any atom is -0.338 e. The number of benzene rings is 3. The summed E-state index contributed by atoms with van der Waals surface area (Å²) >= 11 is 0. The van der Waals surface area contributed by atoms with E-state index in [1.54, 1.807) is 0 Å². The lowest BCUT2D eigenvalue weighted by atomic mass is 9.88. The average Bonchev–Trinajstić information content (AvgIpc) is 3.56. The van der Waals surface area contributed by atoms with Crippen LogP contribution < -0.4 is 0 Å². The van der Waals surface area contributed by atoms with E-state index in [0.29, 0.717) is 34.7 Å². The van der Waals surface area contributed by atoms with E-state index < -0.39 is 11.7 Å². The van der Waals surface area contributed by atoms with Crippen molar-refractivity contribution in [3.05, 3.63) is 89.0 Å². The number of nitrogens with one attached hydrogen (secondary N) is 1. The number of alkyl halides is 3. The second kappa shape index (κ2) is 9.64. The number of halogens is 3. The van der Waals surface area contributed by atoms with E-state index in [9.17, 15) is 13.2 Å². The molecule has 2 atom stereocenters. The Balaban J connectivity index is 1.12. The number of imidazole rings is 1. The van der Waals surface area contributed by atoms with Gasteiger partial charge in [-0.1, -0.05) is 42.5 Å². The predicted molar refractivity (Wildman–Crippen MR) is 142 cm³/mol. The van der Waals surface area contributed by atoms with E-state index in [-0.39, 0.29) is 0 Å². The van der Waals surface area contributed by atoms with Gasteiger partial charge < -0.3 is 9.88 Å². The van der Waals surface area contributed by atoms with Gasteiger partial charge in [-0.2, -0.15) is 13.2 Å². The van der Waals surface area contributed by atoms with E-state index in [2.05, 4.69) is 70.3 Å². The number of aromatic nitrogens is 2. The van der Waals surface area contributed by atoms with Crippen molar-refractivity contribution in [1.29, 1.82) is 0 Å². The van der Waals surface area contributed by atoms with Crippen LogP contribution >= 0.6 is 0 Å². The maximum absolute atomic E-state index is 13.1. The summed E-state index contributed by atoms with van der Waals surface area (Å²) in [7, 11) is 0. The van der Waals surface area contributed by atoms with E-state index in [1.807, 2.05) is 0 Å². The van der Waals surface area contributed by atoms with Crippen LogP contribution in [0.1, 0.15) is 66.2 Å². The largest absolute Gasteiger partial charge is 0.416 e. The molecule has 0 amide bonds. The average molecular weight is 504 g/mol. The Morgan fingerprint density at radius 2 is 1.65 bits per heavy atom. The Morgan fingerprint density at radius 3 is 2.38 bits per heavy atom. The molecule has 1 N–H and O–H groups in total. The SMILES string of the molecule is Cc1cc(-c2nc3ccc(C(F)(F)F)cc3[nH]2)ccc1C1CCC(N2CCC(c3ccccc3)CC2)C1. The number of nitrogens with zero attached hydrogens (tertiary/aromatic N) is 2. The topological polar surface area (TPSA) is 31.9 Å². The maximum atomic E-state index is 13.1. The zero-order chi connectivity index (χ0) is 25.6. The van der Waals surface area contributed by atoms with Crippen LogP contribution in [0, 0.1) is 6.92 Å². The quantitative estimate of drug-likeness (QED) is 0.305. The van der Waals surface area contributed by atoms with Crippen LogP contribution in [0.4, 0.5) is 13.2 Å². The summed E-state index contributed by atoms with van der Waals surface area (Å²) in [5.41, 5.74) is 5.28. The van der Waals surface area contributed by atoms with Crippen molar-refractivity contribution in [3.63, 3.8) is 0 Å². The lowest BCUT2D eigenvalue weighted by molar-refractivity contribution is -0.137. The molecule has 1 saturated heterocycles. The van der Waals surface area contributed by atoms with Crippen LogP contribution in [0.25, 0.3) is 22.4 Å². The predicted octanol–water partition coefficient (Wildman–Crippen LogP) is 8.07. The van der Waals surface area contributed by atoms with Crippen LogP contribution in [0.2, 0.25) is 0 Å². The Morgan fingerprint density at radius 1 is 0.865 bits per heavy atom. The first-order valence-corrected chi connectivity index (χ1v) is 13.3. The lowest BCUT2D eigenvalue weighted by Crippen LogP contribution is -2.39. The highest BCUT2D eigenvalue weighted by Crippen LogP contribution is 2.41. The van der Waals surface area contributed by atoms with Crippen LogP contribution in [0.15, 0.2) is 66.7 Å². The third-order valence-corrected chi connectivity index (χ3v) is 8.51. The van der Waals surface area contributed by atoms with Crippen molar-refractivity contribution >= 4 is 11.0 Å². The molecule has 4 aromatic rings. The molecule has 2 aliphatic rings. The Hall–Kier alpha value is -3.12. The van der Waals surface area contributed by atoms with Gasteiger partial charge >= 0.3 is 6.18 Å². The van der Waals surface area contributed by atoms with Crippen LogP contribution in [-0.4, -0.2) is 34.0 Å². The second-order valence-electron chi connectivity index (χ2n) is 10.8. The summed E-state index contributed by atoms with van der Waals surface area (Å²) in [5.74, 6) is 1.84. The smallest absolute Gasteiger partial charge is 0.338 e. The van der Waals surface area contributed by atoms with Crippen molar-refractivity contribution in [2.45, 2.75) is 63.1 Å². The molecule has 3 aromatic carbocycles. The second-order valence-corrected chi connectivity index (χ2v) is 10.8. The highest BCUT2D eigenvalue weighted by molar-refractivity contribution is 5.80. The van der Waals surface area contributed by atoms with Gasteiger partial charge in [0.05, 0.1) is 16.6 Å². The van der Waals surface area contributed by atoms with Crippen molar-refractivity contribution in [2.24, 2.45) is 0 Å². The molecule has 2 unspecified atom stereocenters. The number of H-pyrrole nitrogens is 1. The highest BCUT2D eigenvalue weighted by Gasteiger charge is 2.33. The molecule has 3 nitrogen and oxygen atoms in total. The summed E-state index contributed by atoms with van der Waals surface area (Å²) in [6, 6.07) is 21.6. The first-order chi connectivity index (χ1) is 17.8. The number of likely N-dealkylation sites (tertiary alicyclic amines) is 1. The Kier molecular flexibility index (Phi) is 6.31. The van der Waals surface area contributed by atoms with Crippen molar-refractivity contribution in [3.8, 4) is 11.4 Å². The molecule has 0 bridgehead atoms. The van der Waals surface area contributed by atoms with Crippen LogP contribution in [0.5, 0.6) is 0 Å². The Bertz CT molecular complexity index is 1380. The highest BCUT2D eigenvalue weighted by atomic mass is 19.4. The van der Waals surface area contributed by atoms with Gasteiger partial charge in [-0.05, 0) is 105 Å². The molecular weight excluding hydrogens is 471 g/mol. The lowest BCUT2D eigenvalue weighted by Gasteiger charge is -2.36. The molecule has 2 heterocycles. The normalized spacial score (nSPS) is 21.6. The number of hydrogen-bond acceptors (Lipinski definition) is 2. The maximum Gasteiger partial charge on any atom is 0.416 e. The minimum absolute atomic E-state index is 0.404. The zero-order valence-corrected chi connectivity index (χ0v) is 21.1. The van der Waals surface area contributed by atoms with Gasteiger partial charge in [-0.3, -0.25) is 0 Å². The fraction of sp³-hybridized carbons (Fsp3) is 0.387. The van der Waals surface area contributed by atoms with Crippen LogP contribution in [0.3, 0.4) is 0 Å². The number of rotatable bonds is 4. The summed E-state index contributed by atoms with van der Waals surface area (Å²) < 4.78 is 39.3. The molecule has 6 rings (SSSR count). The van der Waals surface area contributed by atoms with Gasteiger partial charge in [0.1, 0.15) is 5.82 Å². The van der Waals surface area contributed by atoms with E-state index >= 15 is 0 Å². The molecule has 0 spiro atoms. The van der Waals surface area contributed by atoms with Gasteiger partial charge in [-0.15, -0.1) is 0 Å². The van der Waals surface area contributed by atoms with Crippen LogP contribution in [-0.2, 0) is 6.18 Å². The number of fused-ring (bicyclic) bond motifs is 1. The summed E-state index contributed by atoms with van der Waals surface area (Å²) in [4.78, 5) is 10.3. The molecule has 37 heavy (non-hydrogen) atoms. The molecule has 192 valence electrons. The van der Waals surface area contributed by atoms with E-state index in [4.69, 9.17) is 0 Å². The minimum atomic E-state index is -4.37. The van der Waals surface area contributed by atoms with Crippen molar-refractivity contribution in [2.75, 3.05) is 13.1 Å². The molecule has 2 fully saturated rings.